The van der Waals surface area contributed by atoms with Gasteiger partial charge in [-0.05, 0) is 55.5 Å². The molecule has 0 aliphatic carbocycles. The lowest BCUT2D eigenvalue weighted by Gasteiger charge is -2.24. The topological polar surface area (TPSA) is 16.1 Å². The average Bonchev–Trinajstić information content (AvgIpc) is 2.77. The largest absolute Gasteiger partial charge is 0.368 e. The van der Waals surface area contributed by atoms with Crippen molar-refractivity contribution in [3.63, 3.8) is 0 Å². The zero-order valence-electron chi connectivity index (χ0n) is 12.3. The quantitative estimate of drug-likeness (QED) is 0.801. The molecule has 2 heterocycles. The smallest absolute Gasteiger partial charge is 0.0725 e. The molecule has 1 aliphatic heterocycles. The summed E-state index contributed by atoms with van der Waals surface area (Å²) in [4.78, 5) is 7.05. The van der Waals surface area contributed by atoms with E-state index < -0.39 is 0 Å². The van der Waals surface area contributed by atoms with E-state index in [1.807, 2.05) is 6.20 Å². The minimum atomic E-state index is 0.547. The standard InChI is InChI=1S/C17H22N2/c1-11(2)14-5-7-18-16-10-17-13(9-15(14)16)6-8-19(17)12(3)4/h5,7,9-12H,6,8H2,1-4H3. The lowest BCUT2D eigenvalue weighted by Crippen LogP contribution is -2.28. The van der Waals surface area contributed by atoms with Crippen molar-refractivity contribution < 1.29 is 0 Å². The van der Waals surface area contributed by atoms with Gasteiger partial charge in [0.05, 0.1) is 5.52 Å². The first-order valence-electron chi connectivity index (χ1n) is 7.26. The Labute approximate surface area is 115 Å². The SMILES string of the molecule is CC(C)c1ccnc2cc3c(cc12)CCN3C(C)C. The van der Waals surface area contributed by atoms with Crippen LogP contribution in [0, 0.1) is 0 Å². The van der Waals surface area contributed by atoms with Gasteiger partial charge < -0.3 is 4.90 Å². The highest BCUT2D eigenvalue weighted by Crippen LogP contribution is 2.35. The van der Waals surface area contributed by atoms with Gasteiger partial charge in [-0.15, -0.1) is 0 Å². The van der Waals surface area contributed by atoms with Gasteiger partial charge in [-0.3, -0.25) is 4.98 Å². The zero-order chi connectivity index (χ0) is 13.6. The van der Waals surface area contributed by atoms with Crippen LogP contribution in [0.3, 0.4) is 0 Å². The van der Waals surface area contributed by atoms with Gasteiger partial charge in [-0.2, -0.15) is 0 Å². The second-order valence-corrected chi connectivity index (χ2v) is 6.09. The monoisotopic (exact) mass is 254 g/mol. The van der Waals surface area contributed by atoms with Crippen molar-refractivity contribution in [3.8, 4) is 0 Å². The molecule has 19 heavy (non-hydrogen) atoms. The highest BCUT2D eigenvalue weighted by atomic mass is 15.2. The summed E-state index contributed by atoms with van der Waals surface area (Å²) < 4.78 is 0. The van der Waals surface area contributed by atoms with Crippen LogP contribution in [0.15, 0.2) is 24.4 Å². The molecule has 0 atom stereocenters. The number of benzene rings is 1. The molecular weight excluding hydrogens is 232 g/mol. The summed E-state index contributed by atoms with van der Waals surface area (Å²) in [6.45, 7) is 10.2. The molecule has 2 aromatic rings. The van der Waals surface area contributed by atoms with Crippen molar-refractivity contribution in [3.05, 3.63) is 35.5 Å². The normalized spacial score (nSPS) is 14.7. The van der Waals surface area contributed by atoms with E-state index in [0.29, 0.717) is 12.0 Å². The van der Waals surface area contributed by atoms with Gasteiger partial charge in [0.15, 0.2) is 0 Å². The Morgan fingerprint density at radius 2 is 1.95 bits per heavy atom. The maximum absolute atomic E-state index is 4.57. The van der Waals surface area contributed by atoms with Crippen molar-refractivity contribution in [1.29, 1.82) is 0 Å². The molecule has 0 fully saturated rings. The second kappa shape index (κ2) is 4.52. The predicted octanol–water partition coefficient (Wildman–Crippen LogP) is 4.13. The molecular formula is C17H22N2. The average molecular weight is 254 g/mol. The number of hydrogen-bond donors (Lipinski definition) is 0. The summed E-state index contributed by atoms with van der Waals surface area (Å²) in [6.07, 6.45) is 3.11. The van der Waals surface area contributed by atoms with E-state index in [1.165, 1.54) is 22.2 Å². The van der Waals surface area contributed by atoms with Gasteiger partial charge in [-0.1, -0.05) is 13.8 Å². The second-order valence-electron chi connectivity index (χ2n) is 6.09. The Kier molecular flexibility index (Phi) is 2.96. The van der Waals surface area contributed by atoms with Crippen molar-refractivity contribution in [2.24, 2.45) is 0 Å². The number of rotatable bonds is 2. The predicted molar refractivity (Wildman–Crippen MR) is 82.0 cm³/mol. The molecule has 1 aromatic carbocycles. The molecule has 3 rings (SSSR count). The first kappa shape index (κ1) is 12.5. The summed E-state index contributed by atoms with van der Waals surface area (Å²) in [5.41, 5.74) is 5.42. The molecule has 0 amide bonds. The van der Waals surface area contributed by atoms with Crippen LogP contribution in [-0.4, -0.2) is 17.6 Å². The number of aromatic nitrogens is 1. The number of pyridine rings is 1. The zero-order valence-corrected chi connectivity index (χ0v) is 12.3. The van der Waals surface area contributed by atoms with E-state index in [9.17, 15) is 0 Å². The molecule has 0 saturated carbocycles. The molecule has 2 heteroatoms. The van der Waals surface area contributed by atoms with Gasteiger partial charge in [0.2, 0.25) is 0 Å². The van der Waals surface area contributed by atoms with E-state index >= 15 is 0 Å². The first-order chi connectivity index (χ1) is 9.08. The van der Waals surface area contributed by atoms with Crippen LogP contribution in [0.4, 0.5) is 5.69 Å². The van der Waals surface area contributed by atoms with Gasteiger partial charge in [0.1, 0.15) is 0 Å². The lowest BCUT2D eigenvalue weighted by atomic mass is 9.97. The third-order valence-corrected chi connectivity index (χ3v) is 4.15. The lowest BCUT2D eigenvalue weighted by molar-refractivity contribution is 0.710. The minimum absolute atomic E-state index is 0.547. The fourth-order valence-corrected chi connectivity index (χ4v) is 3.12. The van der Waals surface area contributed by atoms with Crippen molar-refractivity contribution in [1.82, 2.24) is 4.98 Å². The Balaban J connectivity index is 2.20. The van der Waals surface area contributed by atoms with Crippen LogP contribution >= 0.6 is 0 Å². The molecule has 1 aromatic heterocycles. The molecule has 2 nitrogen and oxygen atoms in total. The molecule has 0 radical (unpaired) electrons. The van der Waals surface area contributed by atoms with Crippen molar-refractivity contribution in [2.75, 3.05) is 11.4 Å². The van der Waals surface area contributed by atoms with Crippen LogP contribution in [0.25, 0.3) is 10.9 Å². The number of anilines is 1. The van der Waals surface area contributed by atoms with Gasteiger partial charge in [0.25, 0.3) is 0 Å². The van der Waals surface area contributed by atoms with Gasteiger partial charge >= 0.3 is 0 Å². The first-order valence-corrected chi connectivity index (χ1v) is 7.26. The van der Waals surface area contributed by atoms with Gasteiger partial charge in [-0.25, -0.2) is 0 Å². The van der Waals surface area contributed by atoms with Crippen molar-refractivity contribution in [2.45, 2.75) is 46.1 Å². The molecule has 0 unspecified atom stereocenters. The maximum Gasteiger partial charge on any atom is 0.0725 e. The van der Waals surface area contributed by atoms with E-state index in [4.69, 9.17) is 0 Å². The molecule has 0 saturated heterocycles. The fraction of sp³-hybridized carbons (Fsp3) is 0.471. The van der Waals surface area contributed by atoms with Crippen molar-refractivity contribution >= 4 is 16.6 Å². The summed E-state index contributed by atoms with van der Waals surface area (Å²) in [5.74, 6) is 0.547. The molecule has 0 spiro atoms. The van der Waals surface area contributed by atoms with Gasteiger partial charge in [0, 0.05) is 29.9 Å². The third kappa shape index (κ3) is 1.99. The number of fused-ring (bicyclic) bond motifs is 2. The number of nitrogens with zero attached hydrogens (tertiary/aromatic N) is 2. The highest BCUT2D eigenvalue weighted by Gasteiger charge is 2.22. The van der Waals surface area contributed by atoms with E-state index in [0.717, 1.165) is 18.5 Å². The van der Waals surface area contributed by atoms with E-state index in [1.54, 1.807) is 0 Å². The van der Waals surface area contributed by atoms with Crippen LogP contribution < -0.4 is 4.90 Å². The fourth-order valence-electron chi connectivity index (χ4n) is 3.12. The summed E-state index contributed by atoms with van der Waals surface area (Å²) >= 11 is 0. The minimum Gasteiger partial charge on any atom is -0.368 e. The molecule has 0 N–H and O–H groups in total. The van der Waals surface area contributed by atoms with Crippen LogP contribution in [0.2, 0.25) is 0 Å². The highest BCUT2D eigenvalue weighted by molar-refractivity contribution is 5.88. The molecule has 1 aliphatic rings. The van der Waals surface area contributed by atoms with Crippen LogP contribution in [-0.2, 0) is 6.42 Å². The van der Waals surface area contributed by atoms with E-state index in [-0.39, 0.29) is 0 Å². The Morgan fingerprint density at radius 3 is 2.63 bits per heavy atom. The maximum atomic E-state index is 4.57. The van der Waals surface area contributed by atoms with E-state index in [2.05, 4.69) is 55.8 Å². The Morgan fingerprint density at radius 1 is 1.16 bits per heavy atom. The Bertz CT molecular complexity index is 614. The summed E-state index contributed by atoms with van der Waals surface area (Å²) in [7, 11) is 0. The third-order valence-electron chi connectivity index (χ3n) is 4.15. The van der Waals surface area contributed by atoms with Crippen LogP contribution in [0.1, 0.15) is 44.7 Å². The number of hydrogen-bond acceptors (Lipinski definition) is 2. The molecule has 0 bridgehead atoms. The van der Waals surface area contributed by atoms with Crippen LogP contribution in [0.5, 0.6) is 0 Å². The summed E-state index contributed by atoms with van der Waals surface area (Å²) in [5, 5.41) is 1.34. The summed E-state index contributed by atoms with van der Waals surface area (Å²) in [6, 6.07) is 7.38. The molecule has 100 valence electrons. The Hall–Kier alpha value is -1.57.